The Morgan fingerprint density at radius 1 is 1.48 bits per heavy atom. The highest BCUT2D eigenvalue weighted by molar-refractivity contribution is 5.65. The van der Waals surface area contributed by atoms with Crippen molar-refractivity contribution < 1.29 is 9.66 Å². The summed E-state index contributed by atoms with van der Waals surface area (Å²) >= 11 is 0. The van der Waals surface area contributed by atoms with E-state index in [1.807, 2.05) is 27.1 Å². The van der Waals surface area contributed by atoms with E-state index < -0.39 is 4.92 Å². The molecule has 0 aliphatic heterocycles. The summed E-state index contributed by atoms with van der Waals surface area (Å²) in [5.74, 6) is 0.272. The molecule has 1 aromatic carbocycles. The molecular formula is C14H18N4O3. The van der Waals surface area contributed by atoms with Gasteiger partial charge in [0.05, 0.1) is 22.9 Å². The zero-order valence-corrected chi connectivity index (χ0v) is 12.3. The second-order valence-corrected chi connectivity index (χ2v) is 4.71. The van der Waals surface area contributed by atoms with Crippen LogP contribution in [0.4, 0.5) is 17.1 Å². The molecule has 1 heterocycles. The third-order valence-corrected chi connectivity index (χ3v) is 2.91. The molecule has 0 atom stereocenters. The van der Waals surface area contributed by atoms with Crippen molar-refractivity contribution in [3.8, 4) is 5.75 Å². The van der Waals surface area contributed by atoms with Crippen LogP contribution in [0.3, 0.4) is 0 Å². The second-order valence-electron chi connectivity index (χ2n) is 4.71. The Morgan fingerprint density at radius 2 is 2.24 bits per heavy atom. The van der Waals surface area contributed by atoms with Gasteiger partial charge in [-0.15, -0.1) is 0 Å². The van der Waals surface area contributed by atoms with E-state index in [1.165, 1.54) is 6.07 Å². The summed E-state index contributed by atoms with van der Waals surface area (Å²) in [6, 6.07) is 4.74. The maximum absolute atomic E-state index is 11.0. The molecule has 0 fully saturated rings. The molecule has 0 aliphatic carbocycles. The highest BCUT2D eigenvalue weighted by Gasteiger charge is 2.16. The van der Waals surface area contributed by atoms with Gasteiger partial charge in [0.25, 0.3) is 0 Å². The van der Waals surface area contributed by atoms with Gasteiger partial charge in [0, 0.05) is 31.1 Å². The Balaban J connectivity index is 2.28. The van der Waals surface area contributed by atoms with Crippen LogP contribution in [0.15, 0.2) is 24.4 Å². The lowest BCUT2D eigenvalue weighted by Crippen LogP contribution is -2.00. The van der Waals surface area contributed by atoms with Gasteiger partial charge in [0.15, 0.2) is 5.75 Å². The maximum atomic E-state index is 11.0. The monoisotopic (exact) mass is 290 g/mol. The molecule has 21 heavy (non-hydrogen) atoms. The lowest BCUT2D eigenvalue weighted by molar-refractivity contribution is -0.385. The fraction of sp³-hybridized carbons (Fsp3) is 0.357. The minimum Gasteiger partial charge on any atom is -0.487 e. The minimum absolute atomic E-state index is 0.0306. The number of nitro benzene ring substituents is 1. The third-order valence-electron chi connectivity index (χ3n) is 2.91. The smallest absolute Gasteiger partial charge is 0.311 e. The van der Waals surface area contributed by atoms with Gasteiger partial charge in [-0.25, -0.2) is 0 Å². The number of aryl methyl sites for hydroxylation is 2. The molecule has 0 radical (unpaired) electrons. The molecule has 0 spiro atoms. The molecule has 1 aromatic heterocycles. The predicted molar refractivity (Wildman–Crippen MR) is 80.1 cm³/mol. The number of benzene rings is 1. The number of rotatable bonds is 6. The van der Waals surface area contributed by atoms with Gasteiger partial charge in [0.1, 0.15) is 0 Å². The predicted octanol–water partition coefficient (Wildman–Crippen LogP) is 3.17. The van der Waals surface area contributed by atoms with E-state index >= 15 is 0 Å². The van der Waals surface area contributed by atoms with E-state index in [0.717, 1.165) is 23.5 Å². The van der Waals surface area contributed by atoms with E-state index in [-0.39, 0.29) is 11.4 Å². The van der Waals surface area contributed by atoms with Crippen LogP contribution < -0.4 is 10.1 Å². The molecule has 0 bridgehead atoms. The van der Waals surface area contributed by atoms with E-state index in [2.05, 4.69) is 10.4 Å². The third kappa shape index (κ3) is 3.50. The molecule has 7 nitrogen and oxygen atoms in total. The Labute approximate surface area is 122 Å². The first-order chi connectivity index (χ1) is 10.0. The van der Waals surface area contributed by atoms with Crippen molar-refractivity contribution in [2.75, 3.05) is 11.9 Å². The van der Waals surface area contributed by atoms with Crippen molar-refractivity contribution in [1.82, 2.24) is 9.78 Å². The Kier molecular flexibility index (Phi) is 4.42. The van der Waals surface area contributed by atoms with Crippen LogP contribution >= 0.6 is 0 Å². The van der Waals surface area contributed by atoms with Gasteiger partial charge in [-0.3, -0.25) is 14.8 Å². The van der Waals surface area contributed by atoms with E-state index in [1.54, 1.807) is 16.8 Å². The number of hydrogen-bond donors (Lipinski definition) is 1. The SMILES string of the molecule is CCCOc1cc(Nc2cn(C)nc2C)ccc1[N+](=O)[O-]. The topological polar surface area (TPSA) is 82.2 Å². The van der Waals surface area contributed by atoms with Gasteiger partial charge in [-0.2, -0.15) is 5.10 Å². The van der Waals surface area contributed by atoms with E-state index in [9.17, 15) is 10.1 Å². The highest BCUT2D eigenvalue weighted by Crippen LogP contribution is 2.31. The lowest BCUT2D eigenvalue weighted by Gasteiger charge is -2.09. The van der Waals surface area contributed by atoms with Crippen molar-refractivity contribution in [2.45, 2.75) is 20.3 Å². The molecular weight excluding hydrogens is 272 g/mol. The van der Waals surface area contributed by atoms with Crippen LogP contribution in [-0.2, 0) is 7.05 Å². The summed E-state index contributed by atoms with van der Waals surface area (Å²) in [6.45, 7) is 4.28. The van der Waals surface area contributed by atoms with Crippen molar-refractivity contribution >= 4 is 17.1 Å². The van der Waals surface area contributed by atoms with Crippen LogP contribution in [0.1, 0.15) is 19.0 Å². The van der Waals surface area contributed by atoms with Gasteiger partial charge >= 0.3 is 5.69 Å². The van der Waals surface area contributed by atoms with Crippen LogP contribution in [0.5, 0.6) is 5.75 Å². The summed E-state index contributed by atoms with van der Waals surface area (Å²) in [6.07, 6.45) is 2.64. The molecule has 0 saturated heterocycles. The number of hydrogen-bond acceptors (Lipinski definition) is 5. The number of aromatic nitrogens is 2. The Hall–Kier alpha value is -2.57. The standard InChI is InChI=1S/C14H18N4O3/c1-4-7-21-14-8-11(5-6-13(14)18(19)20)15-12-9-17(3)16-10(12)2/h5-6,8-9,15H,4,7H2,1-3H3. The summed E-state index contributed by atoms with van der Waals surface area (Å²) in [7, 11) is 1.84. The number of anilines is 2. The first-order valence-electron chi connectivity index (χ1n) is 6.69. The molecule has 1 N–H and O–H groups in total. The molecule has 0 amide bonds. The Morgan fingerprint density at radius 3 is 2.81 bits per heavy atom. The first-order valence-corrected chi connectivity index (χ1v) is 6.69. The Bertz CT molecular complexity index is 652. The van der Waals surface area contributed by atoms with Crippen molar-refractivity contribution in [3.05, 3.63) is 40.2 Å². The largest absolute Gasteiger partial charge is 0.487 e. The number of ether oxygens (including phenoxy) is 1. The molecule has 112 valence electrons. The normalized spacial score (nSPS) is 10.4. The van der Waals surface area contributed by atoms with Crippen LogP contribution in [0.2, 0.25) is 0 Å². The van der Waals surface area contributed by atoms with Crippen molar-refractivity contribution in [2.24, 2.45) is 7.05 Å². The average molecular weight is 290 g/mol. The molecule has 7 heteroatoms. The summed E-state index contributed by atoms with van der Waals surface area (Å²) in [4.78, 5) is 10.6. The van der Waals surface area contributed by atoms with Crippen LogP contribution in [0.25, 0.3) is 0 Å². The van der Waals surface area contributed by atoms with Gasteiger partial charge in [-0.1, -0.05) is 6.92 Å². The molecule has 2 aromatic rings. The minimum atomic E-state index is -0.440. The maximum Gasteiger partial charge on any atom is 0.311 e. The zero-order valence-electron chi connectivity index (χ0n) is 12.3. The lowest BCUT2D eigenvalue weighted by atomic mass is 10.2. The molecule has 0 saturated carbocycles. The van der Waals surface area contributed by atoms with Crippen molar-refractivity contribution in [3.63, 3.8) is 0 Å². The summed E-state index contributed by atoms with van der Waals surface area (Å²) in [5, 5.41) is 18.4. The van der Waals surface area contributed by atoms with Gasteiger partial charge in [-0.05, 0) is 19.4 Å². The fourth-order valence-corrected chi connectivity index (χ4v) is 1.95. The fourth-order valence-electron chi connectivity index (χ4n) is 1.95. The van der Waals surface area contributed by atoms with Gasteiger partial charge < -0.3 is 10.1 Å². The number of nitrogens with zero attached hydrogens (tertiary/aromatic N) is 3. The quantitative estimate of drug-likeness (QED) is 0.652. The average Bonchev–Trinajstić information content (AvgIpc) is 2.74. The first kappa shape index (κ1) is 14.8. The number of nitrogens with one attached hydrogen (secondary N) is 1. The zero-order chi connectivity index (χ0) is 15.4. The molecule has 2 rings (SSSR count). The van der Waals surface area contributed by atoms with Crippen LogP contribution in [-0.4, -0.2) is 21.3 Å². The summed E-state index contributed by atoms with van der Waals surface area (Å²) < 4.78 is 7.16. The van der Waals surface area contributed by atoms with Crippen LogP contribution in [0, 0.1) is 17.0 Å². The van der Waals surface area contributed by atoms with Gasteiger partial charge in [0.2, 0.25) is 0 Å². The van der Waals surface area contributed by atoms with E-state index in [4.69, 9.17) is 4.74 Å². The van der Waals surface area contributed by atoms with Crippen molar-refractivity contribution in [1.29, 1.82) is 0 Å². The molecule has 0 aliphatic rings. The highest BCUT2D eigenvalue weighted by atomic mass is 16.6. The number of nitro groups is 1. The molecule has 0 unspecified atom stereocenters. The summed E-state index contributed by atoms with van der Waals surface area (Å²) in [5.41, 5.74) is 2.40. The van der Waals surface area contributed by atoms with E-state index in [0.29, 0.717) is 6.61 Å². The second kappa shape index (κ2) is 6.25.